The van der Waals surface area contributed by atoms with Gasteiger partial charge in [0.2, 0.25) is 5.91 Å². The number of anilines is 2. The Hall–Kier alpha value is -1.69. The van der Waals surface area contributed by atoms with Crippen molar-refractivity contribution in [1.29, 1.82) is 0 Å². The van der Waals surface area contributed by atoms with Gasteiger partial charge in [-0.25, -0.2) is 0 Å². The predicted octanol–water partition coefficient (Wildman–Crippen LogP) is 2.56. The van der Waals surface area contributed by atoms with E-state index in [-0.39, 0.29) is 11.8 Å². The van der Waals surface area contributed by atoms with E-state index in [1.807, 2.05) is 12.1 Å². The van der Waals surface area contributed by atoms with E-state index in [0.717, 1.165) is 55.0 Å². The number of thioether (sulfide) groups is 1. The Morgan fingerprint density at radius 3 is 2.78 bits per heavy atom. The minimum atomic E-state index is -0.393. The summed E-state index contributed by atoms with van der Waals surface area (Å²) in [5.74, 6) is 0.826. The van der Waals surface area contributed by atoms with E-state index < -0.39 is 5.91 Å². The van der Waals surface area contributed by atoms with Crippen LogP contribution in [0.1, 0.15) is 47.5 Å². The summed E-state index contributed by atoms with van der Waals surface area (Å²) in [5.41, 5.74) is 8.97. The molecule has 1 aromatic rings. The molecule has 0 bridgehead atoms. The Morgan fingerprint density at radius 2 is 2.13 bits per heavy atom. The van der Waals surface area contributed by atoms with Crippen LogP contribution in [0.4, 0.5) is 11.4 Å². The maximum atomic E-state index is 12.0. The number of hydrogen-bond donors (Lipinski definition) is 2. The average molecular weight is 333 g/mol. The minimum absolute atomic E-state index is 0.0581. The van der Waals surface area contributed by atoms with Crippen LogP contribution >= 0.6 is 11.8 Å². The van der Waals surface area contributed by atoms with E-state index in [1.165, 1.54) is 0 Å². The molecule has 1 fully saturated rings. The molecule has 0 spiro atoms. The molecule has 2 heterocycles. The molecule has 23 heavy (non-hydrogen) atoms. The third kappa shape index (κ3) is 3.32. The Bertz CT molecular complexity index is 627. The number of rotatable bonds is 5. The van der Waals surface area contributed by atoms with Crippen LogP contribution in [-0.4, -0.2) is 36.9 Å². The maximum absolute atomic E-state index is 12.0. The largest absolute Gasteiger partial charge is 0.371 e. The first kappa shape index (κ1) is 16.2. The van der Waals surface area contributed by atoms with Crippen molar-refractivity contribution in [2.75, 3.05) is 35.3 Å². The summed E-state index contributed by atoms with van der Waals surface area (Å²) >= 11 is 1.77. The molecule has 0 radical (unpaired) electrons. The van der Waals surface area contributed by atoms with Crippen molar-refractivity contribution in [1.82, 2.24) is 0 Å². The SMILES string of the molecule is CSCC[C@@H]1CC(=O)Nc2cc(N3CCCC3)c(C(N)=O)cc21. The van der Waals surface area contributed by atoms with Gasteiger partial charge in [0, 0.05) is 25.2 Å². The number of amides is 2. The average Bonchev–Trinajstić information content (AvgIpc) is 3.05. The molecule has 124 valence electrons. The second-order valence-corrected chi connectivity index (χ2v) is 7.23. The van der Waals surface area contributed by atoms with Gasteiger partial charge in [0.15, 0.2) is 0 Å². The number of fused-ring (bicyclic) bond motifs is 1. The molecule has 1 atom stereocenters. The number of carbonyl (C=O) groups excluding carboxylic acids is 2. The van der Waals surface area contributed by atoms with Crippen LogP contribution in [0.15, 0.2) is 12.1 Å². The lowest BCUT2D eigenvalue weighted by molar-refractivity contribution is -0.116. The molecule has 0 aliphatic carbocycles. The quantitative estimate of drug-likeness (QED) is 0.868. The molecule has 6 heteroatoms. The molecule has 0 unspecified atom stereocenters. The highest BCUT2D eigenvalue weighted by Gasteiger charge is 2.28. The van der Waals surface area contributed by atoms with Crippen LogP contribution in [0.25, 0.3) is 0 Å². The van der Waals surface area contributed by atoms with E-state index in [1.54, 1.807) is 11.8 Å². The lowest BCUT2D eigenvalue weighted by atomic mass is 9.86. The third-order valence-corrected chi connectivity index (χ3v) is 5.34. The van der Waals surface area contributed by atoms with Gasteiger partial charge in [-0.05, 0) is 54.9 Å². The number of benzene rings is 1. The highest BCUT2D eigenvalue weighted by atomic mass is 32.2. The highest BCUT2D eigenvalue weighted by Crippen LogP contribution is 2.39. The molecule has 1 aromatic carbocycles. The van der Waals surface area contributed by atoms with Crippen molar-refractivity contribution in [3.05, 3.63) is 23.3 Å². The van der Waals surface area contributed by atoms with E-state index in [9.17, 15) is 9.59 Å². The zero-order valence-electron chi connectivity index (χ0n) is 13.4. The highest BCUT2D eigenvalue weighted by molar-refractivity contribution is 7.98. The topological polar surface area (TPSA) is 75.4 Å². The van der Waals surface area contributed by atoms with Crippen LogP contribution in [-0.2, 0) is 4.79 Å². The van der Waals surface area contributed by atoms with Gasteiger partial charge in [0.05, 0.1) is 11.3 Å². The number of carbonyl (C=O) groups is 2. The van der Waals surface area contributed by atoms with Crippen molar-refractivity contribution in [3.63, 3.8) is 0 Å². The molecule has 0 saturated carbocycles. The van der Waals surface area contributed by atoms with Gasteiger partial charge in [0.25, 0.3) is 5.91 Å². The second kappa shape index (κ2) is 6.83. The molecule has 3 rings (SSSR count). The summed E-state index contributed by atoms with van der Waals surface area (Å²) < 4.78 is 0. The van der Waals surface area contributed by atoms with E-state index in [0.29, 0.717) is 12.0 Å². The summed E-state index contributed by atoms with van der Waals surface area (Å²) in [5, 5.41) is 2.97. The van der Waals surface area contributed by atoms with Gasteiger partial charge in [-0.3, -0.25) is 9.59 Å². The van der Waals surface area contributed by atoms with E-state index in [4.69, 9.17) is 5.73 Å². The zero-order chi connectivity index (χ0) is 16.4. The summed E-state index contributed by atoms with van der Waals surface area (Å²) in [6.45, 7) is 1.87. The van der Waals surface area contributed by atoms with Crippen LogP contribution < -0.4 is 16.0 Å². The Balaban J connectivity index is 2.03. The number of primary amides is 1. The molecule has 2 amide bonds. The Morgan fingerprint density at radius 1 is 1.39 bits per heavy atom. The molecule has 1 saturated heterocycles. The minimum Gasteiger partial charge on any atom is -0.371 e. The van der Waals surface area contributed by atoms with E-state index >= 15 is 0 Å². The number of nitrogens with one attached hydrogen (secondary N) is 1. The monoisotopic (exact) mass is 333 g/mol. The van der Waals surface area contributed by atoms with Crippen LogP contribution in [0.2, 0.25) is 0 Å². The first-order chi connectivity index (χ1) is 11.1. The van der Waals surface area contributed by atoms with E-state index in [2.05, 4.69) is 16.5 Å². The molecule has 5 nitrogen and oxygen atoms in total. The fourth-order valence-electron chi connectivity index (χ4n) is 3.52. The molecular weight excluding hydrogens is 310 g/mol. The predicted molar refractivity (Wildman–Crippen MR) is 95.4 cm³/mol. The van der Waals surface area contributed by atoms with Crippen LogP contribution in [0.5, 0.6) is 0 Å². The van der Waals surface area contributed by atoms with Crippen molar-refractivity contribution >= 4 is 35.0 Å². The normalized spacial score (nSPS) is 20.3. The molecular formula is C17H23N3O2S. The van der Waals surface area contributed by atoms with Crippen molar-refractivity contribution in [2.45, 2.75) is 31.6 Å². The van der Waals surface area contributed by atoms with Crippen LogP contribution in [0.3, 0.4) is 0 Å². The fraction of sp³-hybridized carbons (Fsp3) is 0.529. The first-order valence-electron chi connectivity index (χ1n) is 8.11. The van der Waals surface area contributed by atoms with Crippen molar-refractivity contribution < 1.29 is 9.59 Å². The van der Waals surface area contributed by atoms with Crippen molar-refractivity contribution in [2.24, 2.45) is 5.73 Å². The number of hydrogen-bond acceptors (Lipinski definition) is 4. The molecule has 2 aliphatic heterocycles. The standard InChI is InChI=1S/C17H23N3O2S/c1-23-7-4-11-8-16(21)19-14-10-15(20-5-2-3-6-20)13(17(18)22)9-12(11)14/h9-11H,2-8H2,1H3,(H2,18,22)(H,19,21)/t11-/m1/s1. The maximum Gasteiger partial charge on any atom is 0.250 e. The Labute approximate surface area is 141 Å². The van der Waals surface area contributed by atoms with Gasteiger partial charge in [-0.15, -0.1) is 0 Å². The third-order valence-electron chi connectivity index (χ3n) is 4.70. The number of nitrogens with zero attached hydrogens (tertiary/aromatic N) is 1. The van der Waals surface area contributed by atoms with Gasteiger partial charge in [-0.2, -0.15) is 11.8 Å². The first-order valence-corrected chi connectivity index (χ1v) is 9.51. The summed E-state index contributed by atoms with van der Waals surface area (Å²) in [6.07, 6.45) is 5.72. The van der Waals surface area contributed by atoms with Gasteiger partial charge >= 0.3 is 0 Å². The zero-order valence-corrected chi connectivity index (χ0v) is 14.2. The summed E-state index contributed by atoms with van der Waals surface area (Å²) in [7, 11) is 0. The molecule has 0 aromatic heterocycles. The van der Waals surface area contributed by atoms with Crippen LogP contribution in [0, 0.1) is 0 Å². The van der Waals surface area contributed by atoms with Gasteiger partial charge < -0.3 is 16.0 Å². The Kier molecular flexibility index (Phi) is 4.80. The van der Waals surface area contributed by atoms with Gasteiger partial charge in [-0.1, -0.05) is 0 Å². The smallest absolute Gasteiger partial charge is 0.250 e. The second-order valence-electron chi connectivity index (χ2n) is 6.25. The lowest BCUT2D eigenvalue weighted by Crippen LogP contribution is -2.27. The number of nitrogens with two attached hydrogens (primary N) is 1. The summed E-state index contributed by atoms with van der Waals surface area (Å²) in [6, 6.07) is 3.86. The molecule has 3 N–H and O–H groups in total. The fourth-order valence-corrected chi connectivity index (χ4v) is 4.04. The summed E-state index contributed by atoms with van der Waals surface area (Å²) in [4.78, 5) is 26.2. The van der Waals surface area contributed by atoms with Gasteiger partial charge in [0.1, 0.15) is 0 Å². The molecule has 2 aliphatic rings. The lowest BCUT2D eigenvalue weighted by Gasteiger charge is -2.29. The van der Waals surface area contributed by atoms with Crippen molar-refractivity contribution in [3.8, 4) is 0 Å².